The molecule has 7 heteroatoms. The predicted octanol–water partition coefficient (Wildman–Crippen LogP) is 1.62. The van der Waals surface area contributed by atoms with Crippen molar-refractivity contribution in [3.05, 3.63) is 48.3 Å². The molecule has 0 spiro atoms. The van der Waals surface area contributed by atoms with Gasteiger partial charge in [-0.05, 0) is 24.3 Å². The zero-order chi connectivity index (χ0) is 17.6. The summed E-state index contributed by atoms with van der Waals surface area (Å²) in [5.74, 6) is 0.301. The van der Waals surface area contributed by atoms with Gasteiger partial charge in [-0.2, -0.15) is 0 Å². The van der Waals surface area contributed by atoms with E-state index < -0.39 is 0 Å². The van der Waals surface area contributed by atoms with Crippen molar-refractivity contribution in [3.8, 4) is 5.75 Å². The molecule has 0 unspecified atom stereocenters. The summed E-state index contributed by atoms with van der Waals surface area (Å²) in [6, 6.07) is 10.9. The molecular weight excluding hydrogens is 320 g/mol. The highest BCUT2D eigenvalue weighted by molar-refractivity contribution is 6.04. The van der Waals surface area contributed by atoms with Crippen LogP contribution in [0.1, 0.15) is 10.5 Å². The number of hydrogen-bond acceptors (Lipinski definition) is 5. The van der Waals surface area contributed by atoms with E-state index in [1.807, 2.05) is 18.2 Å². The van der Waals surface area contributed by atoms with E-state index in [0.717, 1.165) is 25.2 Å². The number of hydrogen-bond donors (Lipinski definition) is 1. The molecule has 3 rings (SSSR count). The molecule has 0 atom stereocenters. The maximum absolute atomic E-state index is 12.5. The molecule has 1 aromatic carbocycles. The minimum Gasteiger partial charge on any atom is -0.495 e. The molecule has 0 aliphatic carbocycles. The van der Waals surface area contributed by atoms with Crippen LogP contribution in [-0.4, -0.2) is 55.5 Å². The quantitative estimate of drug-likeness (QED) is 0.837. The van der Waals surface area contributed by atoms with Gasteiger partial charge in [-0.3, -0.25) is 14.6 Å². The van der Waals surface area contributed by atoms with Gasteiger partial charge in [0.2, 0.25) is 6.41 Å². The van der Waals surface area contributed by atoms with E-state index in [2.05, 4.69) is 15.2 Å². The summed E-state index contributed by atoms with van der Waals surface area (Å²) in [5.41, 5.74) is 1.86. The van der Waals surface area contributed by atoms with E-state index in [1.54, 1.807) is 36.4 Å². The Balaban J connectivity index is 1.73. The Labute approximate surface area is 146 Å². The smallest absolute Gasteiger partial charge is 0.274 e. The first-order chi connectivity index (χ1) is 12.2. The molecule has 1 fully saturated rings. The zero-order valence-corrected chi connectivity index (χ0v) is 14.0. The number of piperazine rings is 1. The number of carbonyl (C=O) groups excluding carboxylic acids is 2. The SMILES string of the molecule is COc1ccccc1NC(=O)c1cc(N2CCN(C=O)CC2)ccn1. The lowest BCUT2D eigenvalue weighted by atomic mass is 10.2. The van der Waals surface area contributed by atoms with Crippen LogP contribution in [0.15, 0.2) is 42.6 Å². The summed E-state index contributed by atoms with van der Waals surface area (Å²) < 4.78 is 5.25. The largest absolute Gasteiger partial charge is 0.495 e. The third kappa shape index (κ3) is 3.88. The number of ether oxygens (including phenoxy) is 1. The molecule has 130 valence electrons. The van der Waals surface area contributed by atoms with Crippen LogP contribution >= 0.6 is 0 Å². The second-order valence-corrected chi connectivity index (χ2v) is 5.68. The number of nitrogens with zero attached hydrogens (tertiary/aromatic N) is 3. The number of aromatic nitrogens is 1. The molecule has 1 N–H and O–H groups in total. The molecule has 0 saturated carbocycles. The molecule has 0 bridgehead atoms. The number of para-hydroxylation sites is 2. The molecule has 2 amide bonds. The summed E-state index contributed by atoms with van der Waals surface area (Å²) in [6.45, 7) is 2.82. The van der Waals surface area contributed by atoms with E-state index in [0.29, 0.717) is 30.2 Å². The van der Waals surface area contributed by atoms with Gasteiger partial charge in [-0.15, -0.1) is 0 Å². The third-order valence-corrected chi connectivity index (χ3v) is 4.16. The van der Waals surface area contributed by atoms with Crippen molar-refractivity contribution in [2.45, 2.75) is 0 Å². The van der Waals surface area contributed by atoms with Crippen molar-refractivity contribution >= 4 is 23.7 Å². The van der Waals surface area contributed by atoms with Gasteiger partial charge < -0.3 is 19.9 Å². The minimum absolute atomic E-state index is 0.294. The Morgan fingerprint density at radius 2 is 1.96 bits per heavy atom. The lowest BCUT2D eigenvalue weighted by molar-refractivity contribution is -0.118. The van der Waals surface area contributed by atoms with Gasteiger partial charge in [0.1, 0.15) is 11.4 Å². The molecule has 1 aromatic heterocycles. The van der Waals surface area contributed by atoms with Crippen LogP contribution in [0.3, 0.4) is 0 Å². The fraction of sp³-hybridized carbons (Fsp3) is 0.278. The number of benzene rings is 1. The van der Waals surface area contributed by atoms with E-state index in [1.165, 1.54) is 0 Å². The molecule has 7 nitrogen and oxygen atoms in total. The Morgan fingerprint density at radius 3 is 2.68 bits per heavy atom. The summed E-state index contributed by atoms with van der Waals surface area (Å²) in [6.07, 6.45) is 2.49. The first-order valence-corrected chi connectivity index (χ1v) is 8.06. The molecule has 1 aliphatic heterocycles. The lowest BCUT2D eigenvalue weighted by Crippen LogP contribution is -2.45. The molecule has 2 heterocycles. The number of carbonyl (C=O) groups is 2. The number of methoxy groups -OCH3 is 1. The predicted molar refractivity (Wildman–Crippen MR) is 95.0 cm³/mol. The zero-order valence-electron chi connectivity index (χ0n) is 14.0. The van der Waals surface area contributed by atoms with E-state index in [4.69, 9.17) is 4.74 Å². The normalized spacial score (nSPS) is 14.1. The van der Waals surface area contributed by atoms with Crippen molar-refractivity contribution in [1.29, 1.82) is 0 Å². The van der Waals surface area contributed by atoms with Crippen LogP contribution in [0.2, 0.25) is 0 Å². The summed E-state index contributed by atoms with van der Waals surface area (Å²) in [4.78, 5) is 31.4. The van der Waals surface area contributed by atoms with Gasteiger partial charge in [0.15, 0.2) is 0 Å². The number of nitrogens with one attached hydrogen (secondary N) is 1. The highest BCUT2D eigenvalue weighted by Crippen LogP contribution is 2.24. The molecular formula is C18H20N4O3. The van der Waals surface area contributed by atoms with Crippen LogP contribution in [0, 0.1) is 0 Å². The fourth-order valence-corrected chi connectivity index (χ4v) is 2.76. The summed E-state index contributed by atoms with van der Waals surface area (Å²) in [5, 5.41) is 2.82. The lowest BCUT2D eigenvalue weighted by Gasteiger charge is -2.34. The molecule has 0 radical (unpaired) electrons. The van der Waals surface area contributed by atoms with Crippen molar-refractivity contribution in [3.63, 3.8) is 0 Å². The number of pyridine rings is 1. The van der Waals surface area contributed by atoms with E-state index in [9.17, 15) is 9.59 Å². The molecule has 2 aromatic rings. The van der Waals surface area contributed by atoms with Crippen LogP contribution < -0.4 is 15.0 Å². The highest BCUT2D eigenvalue weighted by Gasteiger charge is 2.18. The maximum atomic E-state index is 12.5. The van der Waals surface area contributed by atoms with Crippen molar-refractivity contribution in [1.82, 2.24) is 9.88 Å². The van der Waals surface area contributed by atoms with Gasteiger partial charge in [0.25, 0.3) is 5.91 Å². The standard InChI is InChI=1S/C18H20N4O3/c1-25-17-5-3-2-4-15(17)20-18(24)16-12-14(6-7-19-16)22-10-8-21(13-23)9-11-22/h2-7,12-13H,8-11H2,1H3,(H,20,24). The average Bonchev–Trinajstić information content (AvgIpc) is 2.68. The van der Waals surface area contributed by atoms with Gasteiger partial charge in [-0.25, -0.2) is 0 Å². The first-order valence-electron chi connectivity index (χ1n) is 8.06. The Morgan fingerprint density at radius 1 is 1.20 bits per heavy atom. The molecule has 25 heavy (non-hydrogen) atoms. The van der Waals surface area contributed by atoms with Crippen LogP contribution in [0.5, 0.6) is 5.75 Å². The van der Waals surface area contributed by atoms with Gasteiger partial charge in [0, 0.05) is 38.1 Å². The van der Waals surface area contributed by atoms with E-state index in [-0.39, 0.29) is 5.91 Å². The Bertz CT molecular complexity index is 757. The summed E-state index contributed by atoms with van der Waals surface area (Å²) >= 11 is 0. The molecule has 1 saturated heterocycles. The van der Waals surface area contributed by atoms with Gasteiger partial charge >= 0.3 is 0 Å². The van der Waals surface area contributed by atoms with Crippen LogP contribution in [-0.2, 0) is 4.79 Å². The average molecular weight is 340 g/mol. The fourth-order valence-electron chi connectivity index (χ4n) is 2.76. The van der Waals surface area contributed by atoms with Crippen LogP contribution in [0.25, 0.3) is 0 Å². The monoisotopic (exact) mass is 340 g/mol. The van der Waals surface area contributed by atoms with Crippen LogP contribution in [0.4, 0.5) is 11.4 Å². The second kappa shape index (κ2) is 7.65. The Hall–Kier alpha value is -3.09. The Kier molecular flexibility index (Phi) is 5.13. The van der Waals surface area contributed by atoms with E-state index >= 15 is 0 Å². The summed E-state index contributed by atoms with van der Waals surface area (Å²) in [7, 11) is 1.56. The topological polar surface area (TPSA) is 74.8 Å². The highest BCUT2D eigenvalue weighted by atomic mass is 16.5. The van der Waals surface area contributed by atoms with Crippen molar-refractivity contribution in [2.24, 2.45) is 0 Å². The number of rotatable bonds is 5. The van der Waals surface area contributed by atoms with Gasteiger partial charge in [-0.1, -0.05) is 12.1 Å². The van der Waals surface area contributed by atoms with Crippen molar-refractivity contribution in [2.75, 3.05) is 43.5 Å². The van der Waals surface area contributed by atoms with Gasteiger partial charge in [0.05, 0.1) is 12.8 Å². The number of anilines is 2. The maximum Gasteiger partial charge on any atom is 0.274 e. The van der Waals surface area contributed by atoms with Crippen molar-refractivity contribution < 1.29 is 14.3 Å². The number of amides is 2. The first kappa shape index (κ1) is 16.8. The third-order valence-electron chi connectivity index (χ3n) is 4.16. The minimum atomic E-state index is -0.294. The second-order valence-electron chi connectivity index (χ2n) is 5.68. The molecule has 1 aliphatic rings.